The molecule has 0 bridgehead atoms. The van der Waals surface area contributed by atoms with Crippen molar-refractivity contribution >= 4 is 23.5 Å². The molecule has 7 nitrogen and oxygen atoms in total. The van der Waals surface area contributed by atoms with Crippen LogP contribution in [-0.4, -0.2) is 33.5 Å². The highest BCUT2D eigenvalue weighted by molar-refractivity contribution is 6.03. The molecule has 28 heavy (non-hydrogen) atoms. The zero-order valence-electron chi connectivity index (χ0n) is 15.8. The Morgan fingerprint density at radius 1 is 1.14 bits per heavy atom. The lowest BCUT2D eigenvalue weighted by molar-refractivity contribution is -0.122. The molecular formula is C21H21N5O2. The summed E-state index contributed by atoms with van der Waals surface area (Å²) in [6, 6.07) is 15.4. The number of aromatic nitrogens is 3. The Morgan fingerprint density at radius 3 is 2.71 bits per heavy atom. The van der Waals surface area contributed by atoms with E-state index in [9.17, 15) is 9.59 Å². The molecule has 2 amide bonds. The van der Waals surface area contributed by atoms with Gasteiger partial charge >= 0.3 is 0 Å². The fourth-order valence-electron chi connectivity index (χ4n) is 3.40. The molecule has 1 aliphatic rings. The second-order valence-electron chi connectivity index (χ2n) is 6.99. The first-order valence-electron chi connectivity index (χ1n) is 9.18. The Labute approximate surface area is 162 Å². The van der Waals surface area contributed by atoms with Gasteiger partial charge in [0.15, 0.2) is 5.82 Å². The Morgan fingerprint density at radius 2 is 1.93 bits per heavy atom. The molecule has 2 N–H and O–H groups in total. The third-order valence-corrected chi connectivity index (χ3v) is 5.13. The summed E-state index contributed by atoms with van der Waals surface area (Å²) < 4.78 is 0. The Hall–Kier alpha value is -3.48. The second kappa shape index (κ2) is 7.26. The molecule has 1 aromatic heterocycles. The largest absolute Gasteiger partial charge is 0.311 e. The normalized spacial score (nSPS) is 16.4. The van der Waals surface area contributed by atoms with Crippen LogP contribution in [0.1, 0.15) is 17.5 Å². The Kier molecular flexibility index (Phi) is 4.65. The van der Waals surface area contributed by atoms with E-state index in [1.54, 1.807) is 4.90 Å². The van der Waals surface area contributed by atoms with Crippen LogP contribution in [0.2, 0.25) is 0 Å². The molecule has 7 heteroatoms. The number of hydrogen-bond acceptors (Lipinski definition) is 4. The van der Waals surface area contributed by atoms with Crippen LogP contribution in [0.4, 0.5) is 11.6 Å². The number of nitrogens with zero attached hydrogens (tertiary/aromatic N) is 3. The number of anilines is 2. The summed E-state index contributed by atoms with van der Waals surface area (Å²) in [6.45, 7) is 4.35. The highest BCUT2D eigenvalue weighted by atomic mass is 16.2. The van der Waals surface area contributed by atoms with Crippen LogP contribution < -0.4 is 10.2 Å². The molecule has 0 radical (unpaired) electrons. The second-order valence-corrected chi connectivity index (χ2v) is 6.99. The van der Waals surface area contributed by atoms with E-state index in [-0.39, 0.29) is 24.2 Å². The number of aryl methyl sites for hydroxylation is 1. The van der Waals surface area contributed by atoms with Crippen LogP contribution in [0, 0.1) is 19.8 Å². The van der Waals surface area contributed by atoms with Gasteiger partial charge in [-0.2, -0.15) is 4.98 Å². The lowest BCUT2D eigenvalue weighted by Gasteiger charge is -2.20. The maximum absolute atomic E-state index is 12.7. The first-order valence-corrected chi connectivity index (χ1v) is 9.18. The quantitative estimate of drug-likeness (QED) is 0.733. The molecule has 0 spiro atoms. The number of rotatable bonds is 4. The van der Waals surface area contributed by atoms with Crippen LogP contribution in [0.15, 0.2) is 48.5 Å². The first-order chi connectivity index (χ1) is 13.5. The minimum absolute atomic E-state index is 0.0474. The monoisotopic (exact) mass is 375 g/mol. The molecule has 142 valence electrons. The van der Waals surface area contributed by atoms with Crippen molar-refractivity contribution in [1.82, 2.24) is 15.2 Å². The van der Waals surface area contributed by atoms with Crippen LogP contribution >= 0.6 is 0 Å². The molecule has 0 aliphatic carbocycles. The Balaban J connectivity index is 1.46. The van der Waals surface area contributed by atoms with E-state index < -0.39 is 5.92 Å². The SMILES string of the molecule is Cc1cccc(N2C[C@@H](C(=O)Nc3n[nH]c(-c4ccccc4)n3)CC2=O)c1C. The summed E-state index contributed by atoms with van der Waals surface area (Å²) in [5.41, 5.74) is 3.92. The van der Waals surface area contributed by atoms with Gasteiger partial charge in [0.05, 0.1) is 5.92 Å². The zero-order chi connectivity index (χ0) is 19.7. The summed E-state index contributed by atoms with van der Waals surface area (Å²) in [4.78, 5) is 31.2. The minimum atomic E-state index is -0.439. The number of H-pyrrole nitrogens is 1. The maximum Gasteiger partial charge on any atom is 0.249 e. The van der Waals surface area contributed by atoms with Gasteiger partial charge in [0.1, 0.15) is 0 Å². The molecule has 0 unspecified atom stereocenters. The van der Waals surface area contributed by atoms with Crippen molar-refractivity contribution in [2.24, 2.45) is 5.92 Å². The molecule has 3 aromatic rings. The average molecular weight is 375 g/mol. The molecule has 1 saturated heterocycles. The van der Waals surface area contributed by atoms with Crippen LogP contribution in [0.5, 0.6) is 0 Å². The van der Waals surface area contributed by atoms with Gasteiger partial charge in [-0.15, -0.1) is 5.10 Å². The molecular weight excluding hydrogens is 354 g/mol. The van der Waals surface area contributed by atoms with Gasteiger partial charge in [0.2, 0.25) is 17.8 Å². The number of aromatic amines is 1. The predicted octanol–water partition coefficient (Wildman–Crippen LogP) is 3.08. The van der Waals surface area contributed by atoms with Gasteiger partial charge in [0, 0.05) is 24.2 Å². The molecule has 2 aromatic carbocycles. The Bertz CT molecular complexity index is 1030. The van der Waals surface area contributed by atoms with E-state index in [0.29, 0.717) is 12.4 Å². The molecule has 0 saturated carbocycles. The van der Waals surface area contributed by atoms with E-state index in [0.717, 1.165) is 22.4 Å². The van der Waals surface area contributed by atoms with Crippen molar-refractivity contribution in [3.05, 3.63) is 59.7 Å². The lowest BCUT2D eigenvalue weighted by atomic mass is 10.1. The summed E-state index contributed by atoms with van der Waals surface area (Å²) in [5.74, 6) is 0.0524. The lowest BCUT2D eigenvalue weighted by Crippen LogP contribution is -2.29. The smallest absolute Gasteiger partial charge is 0.249 e. The van der Waals surface area contributed by atoms with Crippen molar-refractivity contribution in [2.45, 2.75) is 20.3 Å². The van der Waals surface area contributed by atoms with Gasteiger partial charge < -0.3 is 4.90 Å². The van der Waals surface area contributed by atoms with Crippen LogP contribution in [-0.2, 0) is 9.59 Å². The third-order valence-electron chi connectivity index (χ3n) is 5.13. The number of benzene rings is 2. The first kappa shape index (κ1) is 17.9. The van der Waals surface area contributed by atoms with Crippen molar-refractivity contribution in [3.8, 4) is 11.4 Å². The molecule has 2 heterocycles. The summed E-state index contributed by atoms with van der Waals surface area (Å²) in [5, 5.41) is 9.60. The van der Waals surface area contributed by atoms with E-state index in [4.69, 9.17) is 0 Å². The van der Waals surface area contributed by atoms with Crippen LogP contribution in [0.3, 0.4) is 0 Å². The number of nitrogens with one attached hydrogen (secondary N) is 2. The topological polar surface area (TPSA) is 91.0 Å². The molecule has 1 atom stereocenters. The van der Waals surface area contributed by atoms with Crippen molar-refractivity contribution in [1.29, 1.82) is 0 Å². The summed E-state index contributed by atoms with van der Waals surface area (Å²) in [7, 11) is 0. The molecule has 1 aliphatic heterocycles. The van der Waals surface area contributed by atoms with Gasteiger partial charge in [-0.1, -0.05) is 42.5 Å². The van der Waals surface area contributed by atoms with E-state index in [1.807, 2.05) is 62.4 Å². The van der Waals surface area contributed by atoms with E-state index in [1.165, 1.54) is 0 Å². The fourth-order valence-corrected chi connectivity index (χ4v) is 3.40. The molecule has 1 fully saturated rings. The summed E-state index contributed by atoms with van der Waals surface area (Å²) >= 11 is 0. The maximum atomic E-state index is 12.7. The standard InChI is InChI=1S/C21H21N5O2/c1-13-7-6-10-17(14(13)2)26-12-16(11-18(26)27)20(28)23-21-22-19(24-25-21)15-8-4-3-5-9-15/h3-10,16H,11-12H2,1-2H3,(H2,22,23,24,25,28)/t16-/m0/s1. The third kappa shape index (κ3) is 3.38. The van der Waals surface area contributed by atoms with E-state index >= 15 is 0 Å². The fraction of sp³-hybridized carbons (Fsp3) is 0.238. The number of amides is 2. The van der Waals surface area contributed by atoms with Gasteiger partial charge in [-0.25, -0.2) is 0 Å². The molecule has 4 rings (SSSR count). The van der Waals surface area contributed by atoms with Crippen LogP contribution in [0.25, 0.3) is 11.4 Å². The van der Waals surface area contributed by atoms with Crippen molar-refractivity contribution < 1.29 is 9.59 Å². The number of carbonyl (C=O) groups excluding carboxylic acids is 2. The highest BCUT2D eigenvalue weighted by Gasteiger charge is 2.36. The number of carbonyl (C=O) groups is 2. The minimum Gasteiger partial charge on any atom is -0.311 e. The van der Waals surface area contributed by atoms with Gasteiger partial charge in [0.25, 0.3) is 0 Å². The van der Waals surface area contributed by atoms with Crippen molar-refractivity contribution in [3.63, 3.8) is 0 Å². The highest BCUT2D eigenvalue weighted by Crippen LogP contribution is 2.29. The van der Waals surface area contributed by atoms with E-state index in [2.05, 4.69) is 20.5 Å². The zero-order valence-corrected chi connectivity index (χ0v) is 15.8. The van der Waals surface area contributed by atoms with Gasteiger partial charge in [-0.05, 0) is 31.0 Å². The predicted molar refractivity (Wildman–Crippen MR) is 107 cm³/mol. The summed E-state index contributed by atoms with van der Waals surface area (Å²) in [6.07, 6.45) is 0.176. The van der Waals surface area contributed by atoms with Crippen molar-refractivity contribution in [2.75, 3.05) is 16.8 Å². The van der Waals surface area contributed by atoms with Gasteiger partial charge in [-0.3, -0.25) is 20.0 Å². The average Bonchev–Trinajstić information content (AvgIpc) is 3.32. The number of hydrogen-bond donors (Lipinski definition) is 2.